The van der Waals surface area contributed by atoms with Crippen molar-refractivity contribution in [2.24, 2.45) is 5.92 Å². The number of hydrogen-bond donors (Lipinski definition) is 1. The Balaban J connectivity index is 1.41. The van der Waals surface area contributed by atoms with Crippen LogP contribution in [0.25, 0.3) is 10.9 Å². The van der Waals surface area contributed by atoms with Crippen molar-refractivity contribution in [2.75, 3.05) is 32.6 Å². The van der Waals surface area contributed by atoms with Gasteiger partial charge in [0.2, 0.25) is 15.9 Å². The minimum atomic E-state index is -3.70. The first-order valence-corrected chi connectivity index (χ1v) is 11.7. The van der Waals surface area contributed by atoms with Crippen LogP contribution in [0.15, 0.2) is 59.6 Å². The topological polar surface area (TPSA) is 97.8 Å². The van der Waals surface area contributed by atoms with Crippen molar-refractivity contribution in [3.05, 3.63) is 54.7 Å². The van der Waals surface area contributed by atoms with Crippen LogP contribution in [-0.2, 0) is 14.8 Å². The molecule has 0 bridgehead atoms. The molecule has 4 rings (SSSR count). The number of aromatic nitrogens is 1. The van der Waals surface area contributed by atoms with Crippen LogP contribution in [0.5, 0.6) is 11.5 Å². The van der Waals surface area contributed by atoms with Crippen LogP contribution in [0.3, 0.4) is 0 Å². The Hall–Kier alpha value is -3.17. The number of amides is 1. The van der Waals surface area contributed by atoms with Crippen molar-refractivity contribution in [1.82, 2.24) is 9.29 Å². The minimum Gasteiger partial charge on any atom is -0.493 e. The zero-order valence-electron chi connectivity index (χ0n) is 17.9. The lowest BCUT2D eigenvalue weighted by Gasteiger charge is -2.30. The third-order valence-corrected chi connectivity index (χ3v) is 7.57. The summed E-state index contributed by atoms with van der Waals surface area (Å²) in [6, 6.07) is 14.1. The average molecular weight is 456 g/mol. The van der Waals surface area contributed by atoms with Crippen LogP contribution < -0.4 is 14.8 Å². The first kappa shape index (κ1) is 22.0. The van der Waals surface area contributed by atoms with Crippen molar-refractivity contribution in [3.8, 4) is 11.5 Å². The number of benzene rings is 2. The number of ether oxygens (including phenoxy) is 2. The molecule has 2 heterocycles. The van der Waals surface area contributed by atoms with Crippen LogP contribution in [-0.4, -0.2) is 50.9 Å². The molecule has 1 aromatic heterocycles. The molecule has 9 heteroatoms. The van der Waals surface area contributed by atoms with Crippen molar-refractivity contribution in [3.63, 3.8) is 0 Å². The van der Waals surface area contributed by atoms with Gasteiger partial charge in [0.1, 0.15) is 0 Å². The Morgan fingerprint density at radius 1 is 1.03 bits per heavy atom. The van der Waals surface area contributed by atoms with E-state index < -0.39 is 10.0 Å². The molecule has 0 aliphatic carbocycles. The number of pyridine rings is 1. The van der Waals surface area contributed by atoms with E-state index in [0.717, 1.165) is 10.9 Å². The number of fused-ring (bicyclic) bond motifs is 1. The highest BCUT2D eigenvalue weighted by Gasteiger charge is 2.32. The van der Waals surface area contributed by atoms with E-state index in [-0.39, 0.29) is 29.8 Å². The molecule has 1 aliphatic heterocycles. The molecule has 2 aromatic carbocycles. The van der Waals surface area contributed by atoms with Gasteiger partial charge in [0.15, 0.2) is 11.5 Å². The van der Waals surface area contributed by atoms with Crippen molar-refractivity contribution in [2.45, 2.75) is 17.7 Å². The Morgan fingerprint density at radius 3 is 2.47 bits per heavy atom. The third-order valence-electron chi connectivity index (χ3n) is 5.68. The molecule has 0 spiro atoms. The lowest BCUT2D eigenvalue weighted by Crippen LogP contribution is -2.41. The van der Waals surface area contributed by atoms with Gasteiger partial charge in [0, 0.05) is 30.5 Å². The van der Waals surface area contributed by atoms with E-state index in [2.05, 4.69) is 10.3 Å². The number of nitrogens with zero attached hydrogens (tertiary/aromatic N) is 2. The van der Waals surface area contributed by atoms with Gasteiger partial charge in [0.05, 0.1) is 36.5 Å². The van der Waals surface area contributed by atoms with E-state index in [1.165, 1.54) is 30.7 Å². The number of nitrogens with one attached hydrogen (secondary N) is 1. The molecule has 1 amide bonds. The first-order chi connectivity index (χ1) is 15.4. The highest BCUT2D eigenvalue weighted by atomic mass is 32.2. The fourth-order valence-electron chi connectivity index (χ4n) is 3.87. The number of anilines is 1. The molecule has 0 atom stereocenters. The summed E-state index contributed by atoms with van der Waals surface area (Å²) >= 11 is 0. The highest BCUT2D eigenvalue weighted by Crippen LogP contribution is 2.32. The van der Waals surface area contributed by atoms with Gasteiger partial charge in [-0.1, -0.05) is 18.2 Å². The fourth-order valence-corrected chi connectivity index (χ4v) is 5.35. The lowest BCUT2D eigenvalue weighted by molar-refractivity contribution is -0.120. The van der Waals surface area contributed by atoms with E-state index in [1.54, 1.807) is 12.3 Å². The van der Waals surface area contributed by atoms with Crippen LogP contribution in [0, 0.1) is 5.92 Å². The van der Waals surface area contributed by atoms with Crippen molar-refractivity contribution < 1.29 is 22.7 Å². The molecular weight excluding hydrogens is 430 g/mol. The Morgan fingerprint density at radius 2 is 1.75 bits per heavy atom. The molecule has 1 fully saturated rings. The monoisotopic (exact) mass is 455 g/mol. The molecule has 0 unspecified atom stereocenters. The second kappa shape index (κ2) is 9.13. The Labute approximate surface area is 187 Å². The molecule has 1 N–H and O–H groups in total. The third kappa shape index (κ3) is 4.39. The molecule has 1 saturated heterocycles. The summed E-state index contributed by atoms with van der Waals surface area (Å²) in [6.07, 6.45) is 2.52. The van der Waals surface area contributed by atoms with Crippen LogP contribution in [0.1, 0.15) is 12.8 Å². The smallest absolute Gasteiger partial charge is 0.243 e. The van der Waals surface area contributed by atoms with Crippen LogP contribution >= 0.6 is 0 Å². The number of sulfonamides is 1. The second-order valence-corrected chi connectivity index (χ2v) is 9.54. The van der Waals surface area contributed by atoms with E-state index in [9.17, 15) is 13.2 Å². The highest BCUT2D eigenvalue weighted by molar-refractivity contribution is 7.89. The van der Waals surface area contributed by atoms with Gasteiger partial charge in [-0.15, -0.1) is 0 Å². The van der Waals surface area contributed by atoms with Crippen LogP contribution in [0.2, 0.25) is 0 Å². The number of hydrogen-bond acceptors (Lipinski definition) is 6. The average Bonchev–Trinajstić information content (AvgIpc) is 2.83. The maximum absolute atomic E-state index is 13.1. The molecule has 168 valence electrons. The summed E-state index contributed by atoms with van der Waals surface area (Å²) < 4.78 is 38.0. The maximum Gasteiger partial charge on any atom is 0.243 e. The summed E-state index contributed by atoms with van der Waals surface area (Å²) in [5.74, 6) is 0.431. The van der Waals surface area contributed by atoms with Crippen molar-refractivity contribution >= 4 is 32.5 Å². The number of para-hydroxylation sites is 1. The quantitative estimate of drug-likeness (QED) is 0.613. The number of methoxy groups -OCH3 is 2. The van der Waals surface area contributed by atoms with Gasteiger partial charge in [0.25, 0.3) is 0 Å². The van der Waals surface area contributed by atoms with Gasteiger partial charge in [-0.25, -0.2) is 8.42 Å². The van der Waals surface area contributed by atoms with E-state index in [4.69, 9.17) is 9.47 Å². The largest absolute Gasteiger partial charge is 0.493 e. The van der Waals surface area contributed by atoms with E-state index >= 15 is 0 Å². The van der Waals surface area contributed by atoms with Gasteiger partial charge in [-0.2, -0.15) is 4.31 Å². The standard InChI is InChI=1S/C23H25N3O5S/c1-30-21-8-7-19(14-22(21)31-2)32(28,29)26-11-9-16(10-12-26)23(27)25-18-13-17-5-3-4-6-20(17)24-15-18/h3-8,13-16H,9-12H2,1-2H3,(H,25,27). The number of carbonyl (C=O) groups excluding carboxylic acids is 1. The van der Waals surface area contributed by atoms with Gasteiger partial charge < -0.3 is 14.8 Å². The molecule has 3 aromatic rings. The normalized spacial score (nSPS) is 15.4. The molecule has 32 heavy (non-hydrogen) atoms. The summed E-state index contributed by atoms with van der Waals surface area (Å²) in [7, 11) is -0.738. The first-order valence-electron chi connectivity index (χ1n) is 10.3. The minimum absolute atomic E-state index is 0.120. The van der Waals surface area contributed by atoms with Gasteiger partial charge >= 0.3 is 0 Å². The molecule has 1 aliphatic rings. The number of piperidine rings is 1. The molecule has 8 nitrogen and oxygen atoms in total. The second-order valence-electron chi connectivity index (χ2n) is 7.60. The molecule has 0 radical (unpaired) electrons. The summed E-state index contributed by atoms with van der Waals surface area (Å²) in [5, 5.41) is 3.86. The number of rotatable bonds is 6. The SMILES string of the molecule is COc1ccc(S(=O)(=O)N2CCC(C(=O)Nc3cnc4ccccc4c3)CC2)cc1OC. The zero-order chi connectivity index (χ0) is 22.7. The fraction of sp³-hybridized carbons (Fsp3) is 0.304. The van der Waals surface area contributed by atoms with E-state index in [1.807, 2.05) is 30.3 Å². The van der Waals surface area contributed by atoms with Crippen molar-refractivity contribution in [1.29, 1.82) is 0 Å². The van der Waals surface area contributed by atoms with Crippen LogP contribution in [0.4, 0.5) is 5.69 Å². The summed E-state index contributed by atoms with van der Waals surface area (Å²) in [6.45, 7) is 0.537. The maximum atomic E-state index is 13.1. The predicted octanol–water partition coefficient (Wildman–Crippen LogP) is 3.29. The zero-order valence-corrected chi connectivity index (χ0v) is 18.8. The van der Waals surface area contributed by atoms with Gasteiger partial charge in [-0.3, -0.25) is 9.78 Å². The number of carbonyl (C=O) groups is 1. The van der Waals surface area contributed by atoms with Gasteiger partial charge in [-0.05, 0) is 37.1 Å². The summed E-state index contributed by atoms with van der Waals surface area (Å²) in [5.41, 5.74) is 1.49. The Bertz CT molecular complexity index is 1240. The predicted molar refractivity (Wildman–Crippen MR) is 121 cm³/mol. The van der Waals surface area contributed by atoms with E-state index in [0.29, 0.717) is 30.0 Å². The summed E-state index contributed by atoms with van der Waals surface area (Å²) in [4.78, 5) is 17.2. The Kier molecular flexibility index (Phi) is 6.29. The molecular formula is C23H25N3O5S. The molecule has 0 saturated carbocycles. The lowest BCUT2D eigenvalue weighted by atomic mass is 9.97.